The van der Waals surface area contributed by atoms with Crippen molar-refractivity contribution >= 4 is 21.7 Å². The molecule has 0 spiro atoms. The van der Waals surface area contributed by atoms with E-state index in [9.17, 15) is 4.79 Å². The zero-order valence-corrected chi connectivity index (χ0v) is 14.0. The predicted molar refractivity (Wildman–Crippen MR) is 84.9 cm³/mol. The molecule has 1 saturated carbocycles. The summed E-state index contributed by atoms with van der Waals surface area (Å²) in [6, 6.07) is 4.09. The second-order valence-corrected chi connectivity index (χ2v) is 6.93. The Morgan fingerprint density at radius 2 is 2.10 bits per heavy atom. The standard InChI is InChI=1S/C17H21BrO3/c1-20-17(6-3-2-4-7-17)15(19)11-13-10-14(18)9-12-5-8-21-16(12)13/h9-10H,2-8,11H2,1H3. The van der Waals surface area contributed by atoms with Crippen molar-refractivity contribution in [2.24, 2.45) is 0 Å². The van der Waals surface area contributed by atoms with Crippen LogP contribution in [0.3, 0.4) is 0 Å². The molecule has 0 atom stereocenters. The Morgan fingerprint density at radius 3 is 2.81 bits per heavy atom. The summed E-state index contributed by atoms with van der Waals surface area (Å²) in [5.74, 6) is 1.11. The van der Waals surface area contributed by atoms with Crippen LogP contribution in [0.15, 0.2) is 16.6 Å². The molecule has 0 unspecified atom stereocenters. The first-order chi connectivity index (χ1) is 10.1. The van der Waals surface area contributed by atoms with Gasteiger partial charge >= 0.3 is 0 Å². The van der Waals surface area contributed by atoms with Gasteiger partial charge in [-0.05, 0) is 30.5 Å². The molecule has 1 fully saturated rings. The zero-order valence-electron chi connectivity index (χ0n) is 12.4. The van der Waals surface area contributed by atoms with Crippen LogP contribution in [0, 0.1) is 0 Å². The quantitative estimate of drug-likeness (QED) is 0.825. The average Bonchev–Trinajstić information content (AvgIpc) is 2.96. The Labute approximate surface area is 134 Å². The molecule has 0 amide bonds. The van der Waals surface area contributed by atoms with Gasteiger partial charge in [-0.25, -0.2) is 0 Å². The number of hydrogen-bond acceptors (Lipinski definition) is 3. The second kappa shape index (κ2) is 6.09. The minimum Gasteiger partial charge on any atom is -0.493 e. The maximum atomic E-state index is 12.8. The van der Waals surface area contributed by atoms with Crippen molar-refractivity contribution in [3.63, 3.8) is 0 Å². The molecule has 0 radical (unpaired) electrons. The lowest BCUT2D eigenvalue weighted by Crippen LogP contribution is -2.43. The maximum Gasteiger partial charge on any atom is 0.169 e. The molecule has 1 aromatic carbocycles. The maximum absolute atomic E-state index is 12.8. The number of rotatable bonds is 4. The van der Waals surface area contributed by atoms with Crippen molar-refractivity contribution in [3.8, 4) is 5.75 Å². The van der Waals surface area contributed by atoms with E-state index in [-0.39, 0.29) is 5.78 Å². The molecule has 1 heterocycles. The van der Waals surface area contributed by atoms with Crippen LogP contribution in [-0.4, -0.2) is 25.1 Å². The summed E-state index contributed by atoms with van der Waals surface area (Å²) in [4.78, 5) is 12.8. The van der Waals surface area contributed by atoms with E-state index in [0.717, 1.165) is 47.9 Å². The first kappa shape index (κ1) is 15.0. The number of ketones is 1. The molecular weight excluding hydrogens is 332 g/mol. The largest absolute Gasteiger partial charge is 0.493 e. The lowest BCUT2D eigenvalue weighted by Gasteiger charge is -2.34. The topological polar surface area (TPSA) is 35.5 Å². The van der Waals surface area contributed by atoms with Crippen LogP contribution in [-0.2, 0) is 22.4 Å². The third kappa shape index (κ3) is 2.88. The highest BCUT2D eigenvalue weighted by molar-refractivity contribution is 9.10. The number of carbonyl (C=O) groups is 1. The summed E-state index contributed by atoms with van der Waals surface area (Å²) in [5.41, 5.74) is 1.61. The molecule has 0 N–H and O–H groups in total. The molecule has 2 aliphatic rings. The number of carbonyl (C=O) groups excluding carboxylic acids is 1. The van der Waals surface area contributed by atoms with Crippen molar-refractivity contribution in [2.75, 3.05) is 13.7 Å². The van der Waals surface area contributed by atoms with Gasteiger partial charge in [0.15, 0.2) is 5.78 Å². The Hall–Kier alpha value is -0.870. The highest BCUT2D eigenvalue weighted by Crippen LogP contribution is 2.37. The first-order valence-corrected chi connectivity index (χ1v) is 8.46. The SMILES string of the molecule is COC1(C(=O)Cc2cc(Br)cc3c2OCC3)CCCCC1. The molecule has 1 aliphatic carbocycles. The van der Waals surface area contributed by atoms with E-state index in [1.54, 1.807) is 7.11 Å². The van der Waals surface area contributed by atoms with Gasteiger partial charge in [-0.1, -0.05) is 35.2 Å². The third-order valence-corrected chi connectivity index (χ3v) is 5.19. The van der Waals surface area contributed by atoms with E-state index in [2.05, 4.69) is 22.0 Å². The van der Waals surface area contributed by atoms with Gasteiger partial charge in [0.2, 0.25) is 0 Å². The highest BCUT2D eigenvalue weighted by Gasteiger charge is 2.39. The number of hydrogen-bond donors (Lipinski definition) is 0. The van der Waals surface area contributed by atoms with Crippen LogP contribution in [0.2, 0.25) is 0 Å². The van der Waals surface area contributed by atoms with Gasteiger partial charge < -0.3 is 9.47 Å². The van der Waals surface area contributed by atoms with E-state index < -0.39 is 5.60 Å². The number of Topliss-reactive ketones (excluding diaryl/α,β-unsaturated/α-hetero) is 1. The molecule has 114 valence electrons. The molecule has 0 aromatic heterocycles. The molecule has 0 bridgehead atoms. The fraction of sp³-hybridized carbons (Fsp3) is 0.588. The lowest BCUT2D eigenvalue weighted by molar-refractivity contribution is -0.144. The highest BCUT2D eigenvalue weighted by atomic mass is 79.9. The normalized spacial score (nSPS) is 19.9. The van der Waals surface area contributed by atoms with Gasteiger partial charge in [-0.15, -0.1) is 0 Å². The van der Waals surface area contributed by atoms with Crippen LogP contribution in [0.5, 0.6) is 5.75 Å². The fourth-order valence-corrected chi connectivity index (χ4v) is 4.08. The van der Waals surface area contributed by atoms with Gasteiger partial charge in [-0.2, -0.15) is 0 Å². The average molecular weight is 353 g/mol. The minimum atomic E-state index is -0.577. The molecule has 1 aliphatic heterocycles. The van der Waals surface area contributed by atoms with Crippen molar-refractivity contribution in [1.82, 2.24) is 0 Å². The predicted octanol–water partition coefficient (Wildman–Crippen LogP) is 3.84. The summed E-state index contributed by atoms with van der Waals surface area (Å²) in [6.07, 6.45) is 6.37. The molecule has 3 rings (SSSR count). The zero-order chi connectivity index (χ0) is 14.9. The van der Waals surface area contributed by atoms with Gasteiger partial charge in [0, 0.05) is 30.0 Å². The van der Waals surface area contributed by atoms with Gasteiger partial charge in [-0.3, -0.25) is 4.79 Å². The van der Waals surface area contributed by atoms with Crippen LogP contribution in [0.1, 0.15) is 43.2 Å². The smallest absolute Gasteiger partial charge is 0.169 e. The van der Waals surface area contributed by atoms with Gasteiger partial charge in [0.25, 0.3) is 0 Å². The number of benzene rings is 1. The van der Waals surface area contributed by atoms with Crippen molar-refractivity contribution in [2.45, 2.75) is 50.5 Å². The van der Waals surface area contributed by atoms with Crippen molar-refractivity contribution < 1.29 is 14.3 Å². The van der Waals surface area contributed by atoms with Crippen LogP contribution in [0.25, 0.3) is 0 Å². The molecular formula is C17H21BrO3. The third-order valence-electron chi connectivity index (χ3n) is 4.74. The number of halogens is 1. The van der Waals surface area contributed by atoms with Crippen LogP contribution >= 0.6 is 15.9 Å². The molecule has 1 aromatic rings. The first-order valence-electron chi connectivity index (χ1n) is 7.67. The van der Waals surface area contributed by atoms with Crippen LogP contribution < -0.4 is 4.74 Å². The monoisotopic (exact) mass is 352 g/mol. The Kier molecular flexibility index (Phi) is 4.36. The Balaban J connectivity index is 1.84. The van der Waals surface area contributed by atoms with E-state index >= 15 is 0 Å². The summed E-state index contributed by atoms with van der Waals surface area (Å²) in [6.45, 7) is 0.711. The molecule has 0 saturated heterocycles. The number of methoxy groups -OCH3 is 1. The van der Waals surface area contributed by atoms with Crippen molar-refractivity contribution in [1.29, 1.82) is 0 Å². The minimum absolute atomic E-state index is 0.195. The van der Waals surface area contributed by atoms with Gasteiger partial charge in [0.1, 0.15) is 11.4 Å². The summed E-state index contributed by atoms with van der Waals surface area (Å²) in [7, 11) is 1.67. The Morgan fingerprint density at radius 1 is 1.33 bits per heavy atom. The Bertz CT molecular complexity index is 547. The molecule has 21 heavy (non-hydrogen) atoms. The van der Waals surface area contributed by atoms with Gasteiger partial charge in [0.05, 0.1) is 6.61 Å². The summed E-state index contributed by atoms with van der Waals surface area (Å²) >= 11 is 3.53. The van der Waals surface area contributed by atoms with E-state index in [4.69, 9.17) is 9.47 Å². The number of fused-ring (bicyclic) bond motifs is 1. The molecule has 4 heteroatoms. The van der Waals surface area contributed by atoms with E-state index in [1.807, 2.05) is 6.07 Å². The number of ether oxygens (including phenoxy) is 2. The second-order valence-electron chi connectivity index (χ2n) is 6.01. The summed E-state index contributed by atoms with van der Waals surface area (Å²) in [5, 5.41) is 0. The van der Waals surface area contributed by atoms with Crippen molar-refractivity contribution in [3.05, 3.63) is 27.7 Å². The van der Waals surface area contributed by atoms with Crippen LogP contribution in [0.4, 0.5) is 0 Å². The summed E-state index contributed by atoms with van der Waals surface area (Å²) < 4.78 is 12.4. The fourth-order valence-electron chi connectivity index (χ4n) is 3.53. The lowest BCUT2D eigenvalue weighted by atomic mass is 9.79. The van der Waals surface area contributed by atoms with E-state index in [1.165, 1.54) is 12.0 Å². The molecule has 3 nitrogen and oxygen atoms in total. The van der Waals surface area contributed by atoms with E-state index in [0.29, 0.717) is 13.0 Å².